The van der Waals surface area contributed by atoms with Gasteiger partial charge < -0.3 is 14.8 Å². The Kier molecular flexibility index (Phi) is 4.06. The van der Waals surface area contributed by atoms with E-state index < -0.39 is 17.8 Å². The highest BCUT2D eigenvalue weighted by Crippen LogP contribution is 2.24. The van der Waals surface area contributed by atoms with Gasteiger partial charge in [-0.3, -0.25) is 5.32 Å². The minimum Gasteiger partial charge on any atom is -0.447 e. The van der Waals surface area contributed by atoms with Crippen molar-refractivity contribution in [2.24, 2.45) is 0 Å². The minimum atomic E-state index is -0.538. The highest BCUT2D eigenvalue weighted by atomic mass is 16.6. The third-order valence-electron chi connectivity index (χ3n) is 2.96. The Morgan fingerprint density at radius 3 is 2.67 bits per heavy atom. The fourth-order valence-corrected chi connectivity index (χ4v) is 2.02. The van der Waals surface area contributed by atoms with E-state index in [1.165, 1.54) is 0 Å². The molecule has 0 spiro atoms. The van der Waals surface area contributed by atoms with Gasteiger partial charge in [0, 0.05) is 5.69 Å². The van der Waals surface area contributed by atoms with Crippen molar-refractivity contribution >= 4 is 17.9 Å². The number of carbonyl (C=O) groups is 2. The predicted molar refractivity (Wildman–Crippen MR) is 78.3 cm³/mol. The quantitative estimate of drug-likeness (QED) is 0.878. The van der Waals surface area contributed by atoms with Crippen LogP contribution in [0.3, 0.4) is 0 Å². The molecule has 1 fully saturated rings. The van der Waals surface area contributed by atoms with Crippen LogP contribution < -0.4 is 10.6 Å². The van der Waals surface area contributed by atoms with Crippen molar-refractivity contribution in [1.29, 1.82) is 0 Å². The molecule has 1 saturated heterocycles. The number of alkyl carbamates (subject to hydrolysis) is 1. The Hall–Kier alpha value is -2.24. The molecule has 1 heterocycles. The van der Waals surface area contributed by atoms with Gasteiger partial charge in [-0.2, -0.15) is 0 Å². The number of amides is 2. The van der Waals surface area contributed by atoms with E-state index in [9.17, 15) is 9.59 Å². The molecule has 0 aliphatic carbocycles. The number of benzene rings is 1. The lowest BCUT2D eigenvalue weighted by Gasteiger charge is -2.20. The SMILES string of the molecule is Cc1cc(C2COC(=O)N2)ccc1NC(=O)OC(C)(C)C. The third kappa shape index (κ3) is 4.11. The predicted octanol–water partition coefficient (Wildman–Crippen LogP) is 3.12. The molecular formula is C15H20N2O4. The van der Waals surface area contributed by atoms with Crippen LogP contribution in [-0.2, 0) is 9.47 Å². The van der Waals surface area contributed by atoms with E-state index in [2.05, 4.69) is 10.6 Å². The zero-order chi connectivity index (χ0) is 15.6. The first-order valence-electron chi connectivity index (χ1n) is 6.78. The number of anilines is 1. The monoisotopic (exact) mass is 292 g/mol. The summed E-state index contributed by atoms with van der Waals surface area (Å²) in [6.07, 6.45) is -0.899. The number of carbonyl (C=O) groups excluding carboxylic acids is 2. The molecule has 0 bridgehead atoms. The highest BCUT2D eigenvalue weighted by Gasteiger charge is 2.24. The molecule has 1 aliphatic heterocycles. The van der Waals surface area contributed by atoms with Crippen molar-refractivity contribution in [2.75, 3.05) is 11.9 Å². The number of hydrogen-bond donors (Lipinski definition) is 2. The molecule has 0 radical (unpaired) electrons. The number of hydrogen-bond acceptors (Lipinski definition) is 4. The molecule has 1 aliphatic rings. The van der Waals surface area contributed by atoms with Crippen molar-refractivity contribution in [3.8, 4) is 0 Å². The van der Waals surface area contributed by atoms with Crippen LogP contribution in [0.2, 0.25) is 0 Å². The smallest absolute Gasteiger partial charge is 0.412 e. The van der Waals surface area contributed by atoms with Crippen molar-refractivity contribution in [3.63, 3.8) is 0 Å². The van der Waals surface area contributed by atoms with Gasteiger partial charge in [0.1, 0.15) is 12.2 Å². The van der Waals surface area contributed by atoms with Crippen molar-refractivity contribution in [1.82, 2.24) is 5.32 Å². The first-order chi connectivity index (χ1) is 9.74. The Balaban J connectivity index is 2.06. The second kappa shape index (κ2) is 5.63. The summed E-state index contributed by atoms with van der Waals surface area (Å²) in [6, 6.07) is 5.40. The Morgan fingerprint density at radius 1 is 1.43 bits per heavy atom. The van der Waals surface area contributed by atoms with E-state index >= 15 is 0 Å². The fourth-order valence-electron chi connectivity index (χ4n) is 2.02. The molecule has 21 heavy (non-hydrogen) atoms. The van der Waals surface area contributed by atoms with Crippen molar-refractivity contribution in [2.45, 2.75) is 39.3 Å². The molecule has 0 aromatic heterocycles. The topological polar surface area (TPSA) is 76.7 Å². The number of ether oxygens (including phenoxy) is 2. The standard InChI is InChI=1S/C15H20N2O4/c1-9-7-10(12-8-20-13(18)17-12)5-6-11(9)16-14(19)21-15(2,3)4/h5-7,12H,8H2,1-4H3,(H,16,19)(H,17,18). The molecule has 1 aromatic rings. The highest BCUT2D eigenvalue weighted by molar-refractivity contribution is 5.86. The molecule has 2 rings (SSSR count). The van der Waals surface area contributed by atoms with E-state index in [0.29, 0.717) is 12.3 Å². The van der Waals surface area contributed by atoms with Gasteiger partial charge in [0.25, 0.3) is 0 Å². The Labute approximate surface area is 123 Å². The van der Waals surface area contributed by atoms with Crippen LogP contribution in [0.25, 0.3) is 0 Å². The molecule has 2 N–H and O–H groups in total. The van der Waals surface area contributed by atoms with E-state index in [-0.39, 0.29) is 6.04 Å². The van der Waals surface area contributed by atoms with Gasteiger partial charge in [0.05, 0.1) is 6.04 Å². The lowest BCUT2D eigenvalue weighted by molar-refractivity contribution is 0.0635. The van der Waals surface area contributed by atoms with Crippen LogP contribution in [-0.4, -0.2) is 24.4 Å². The average Bonchev–Trinajstić information content (AvgIpc) is 2.76. The molecule has 0 saturated carbocycles. The Bertz CT molecular complexity index is 563. The molecule has 1 atom stereocenters. The summed E-state index contributed by atoms with van der Waals surface area (Å²) < 4.78 is 10.1. The van der Waals surface area contributed by atoms with Crippen LogP contribution in [0.4, 0.5) is 15.3 Å². The molecule has 1 unspecified atom stereocenters. The first kappa shape index (κ1) is 15.2. The van der Waals surface area contributed by atoms with E-state index in [4.69, 9.17) is 9.47 Å². The fraction of sp³-hybridized carbons (Fsp3) is 0.467. The van der Waals surface area contributed by atoms with E-state index in [1.807, 2.05) is 39.8 Å². The molecular weight excluding hydrogens is 272 g/mol. The van der Waals surface area contributed by atoms with Crippen LogP contribution >= 0.6 is 0 Å². The van der Waals surface area contributed by atoms with Gasteiger partial charge in [0.15, 0.2) is 0 Å². The zero-order valence-electron chi connectivity index (χ0n) is 12.6. The first-order valence-corrected chi connectivity index (χ1v) is 6.78. The summed E-state index contributed by atoms with van der Waals surface area (Å²) in [5, 5.41) is 5.43. The van der Waals surface area contributed by atoms with Crippen molar-refractivity contribution in [3.05, 3.63) is 29.3 Å². The van der Waals surface area contributed by atoms with Crippen LogP contribution in [0, 0.1) is 6.92 Å². The van der Waals surface area contributed by atoms with Gasteiger partial charge in [-0.1, -0.05) is 12.1 Å². The largest absolute Gasteiger partial charge is 0.447 e. The second-order valence-corrected chi connectivity index (χ2v) is 6.00. The number of rotatable bonds is 2. The van der Waals surface area contributed by atoms with Crippen LogP contribution in [0.15, 0.2) is 18.2 Å². The number of cyclic esters (lactones) is 1. The molecule has 2 amide bonds. The summed E-state index contributed by atoms with van der Waals surface area (Å²) in [6.45, 7) is 7.63. The summed E-state index contributed by atoms with van der Waals surface area (Å²) in [5.74, 6) is 0. The lowest BCUT2D eigenvalue weighted by Crippen LogP contribution is -2.27. The summed E-state index contributed by atoms with van der Waals surface area (Å²) in [5.41, 5.74) is 1.97. The van der Waals surface area contributed by atoms with E-state index in [1.54, 1.807) is 6.07 Å². The average molecular weight is 292 g/mol. The van der Waals surface area contributed by atoms with Gasteiger partial charge >= 0.3 is 12.2 Å². The van der Waals surface area contributed by atoms with Gasteiger partial charge in [-0.05, 0) is 44.9 Å². The third-order valence-corrected chi connectivity index (χ3v) is 2.96. The minimum absolute atomic E-state index is 0.147. The molecule has 114 valence electrons. The molecule has 1 aromatic carbocycles. The maximum atomic E-state index is 11.8. The second-order valence-electron chi connectivity index (χ2n) is 6.00. The summed E-state index contributed by atoms with van der Waals surface area (Å²) in [4.78, 5) is 22.8. The molecule has 6 heteroatoms. The summed E-state index contributed by atoms with van der Waals surface area (Å²) in [7, 11) is 0. The number of nitrogens with one attached hydrogen (secondary N) is 2. The van der Waals surface area contributed by atoms with Crippen LogP contribution in [0.1, 0.15) is 37.9 Å². The normalized spacial score (nSPS) is 17.9. The van der Waals surface area contributed by atoms with Gasteiger partial charge in [-0.25, -0.2) is 9.59 Å². The van der Waals surface area contributed by atoms with Crippen LogP contribution in [0.5, 0.6) is 0 Å². The van der Waals surface area contributed by atoms with E-state index in [0.717, 1.165) is 11.1 Å². The summed E-state index contributed by atoms with van der Waals surface area (Å²) >= 11 is 0. The molecule has 6 nitrogen and oxygen atoms in total. The maximum Gasteiger partial charge on any atom is 0.412 e. The lowest BCUT2D eigenvalue weighted by atomic mass is 10.0. The zero-order valence-corrected chi connectivity index (χ0v) is 12.6. The van der Waals surface area contributed by atoms with Gasteiger partial charge in [-0.15, -0.1) is 0 Å². The van der Waals surface area contributed by atoms with Crippen molar-refractivity contribution < 1.29 is 19.1 Å². The number of aryl methyl sites for hydroxylation is 1. The van der Waals surface area contributed by atoms with Gasteiger partial charge in [0.2, 0.25) is 0 Å². The maximum absolute atomic E-state index is 11.8. The Morgan fingerprint density at radius 2 is 2.14 bits per heavy atom.